The van der Waals surface area contributed by atoms with Crippen LogP contribution in [0.4, 0.5) is 10.5 Å². The first-order valence-corrected chi connectivity index (χ1v) is 5.99. The van der Waals surface area contributed by atoms with Crippen molar-refractivity contribution in [1.29, 1.82) is 0 Å². The molecule has 0 radical (unpaired) electrons. The van der Waals surface area contributed by atoms with Crippen LogP contribution >= 0.6 is 0 Å². The molecule has 1 fully saturated rings. The van der Waals surface area contributed by atoms with Gasteiger partial charge in [-0.1, -0.05) is 6.07 Å². The molecular weight excluding hydrogens is 232 g/mol. The molecule has 2 amide bonds. The Morgan fingerprint density at radius 2 is 2.22 bits per heavy atom. The van der Waals surface area contributed by atoms with Crippen LogP contribution in [0.2, 0.25) is 0 Å². The molecule has 5 heteroatoms. The molecule has 2 N–H and O–H groups in total. The van der Waals surface area contributed by atoms with Crippen molar-refractivity contribution in [3.05, 3.63) is 29.8 Å². The summed E-state index contributed by atoms with van der Waals surface area (Å²) in [6, 6.07) is 6.34. The minimum absolute atomic E-state index is 0.164. The average molecular weight is 248 g/mol. The smallest absolute Gasteiger partial charge is 0.335 e. The van der Waals surface area contributed by atoms with Crippen molar-refractivity contribution < 1.29 is 14.7 Å². The lowest BCUT2D eigenvalue weighted by molar-refractivity contribution is 0.0697. The van der Waals surface area contributed by atoms with Crippen LogP contribution in [0, 0.1) is 0 Å². The zero-order chi connectivity index (χ0) is 13.1. The van der Waals surface area contributed by atoms with E-state index in [1.807, 2.05) is 6.92 Å². The third-order valence-corrected chi connectivity index (χ3v) is 3.17. The average Bonchev–Trinajstić information content (AvgIpc) is 2.76. The highest BCUT2D eigenvalue weighted by molar-refractivity contribution is 5.93. The maximum absolute atomic E-state index is 12.0. The fourth-order valence-corrected chi connectivity index (χ4v) is 2.16. The summed E-state index contributed by atoms with van der Waals surface area (Å²) in [5, 5.41) is 11.6. The normalized spacial score (nSPS) is 18.7. The first kappa shape index (κ1) is 12.4. The SMILES string of the molecule is CC1CCCN1C(=O)Nc1cccc(C(=O)O)c1. The van der Waals surface area contributed by atoms with Crippen molar-refractivity contribution in [2.45, 2.75) is 25.8 Å². The van der Waals surface area contributed by atoms with Gasteiger partial charge >= 0.3 is 12.0 Å². The van der Waals surface area contributed by atoms with Gasteiger partial charge in [-0.15, -0.1) is 0 Å². The monoisotopic (exact) mass is 248 g/mol. The molecule has 1 aliphatic rings. The third kappa shape index (κ3) is 2.61. The number of carboxylic acids is 1. The first-order chi connectivity index (χ1) is 8.58. The number of carbonyl (C=O) groups is 2. The predicted molar refractivity (Wildman–Crippen MR) is 67.8 cm³/mol. The van der Waals surface area contributed by atoms with Crippen LogP contribution in [-0.2, 0) is 0 Å². The van der Waals surface area contributed by atoms with Crippen molar-refractivity contribution in [2.24, 2.45) is 0 Å². The van der Waals surface area contributed by atoms with Crippen LogP contribution in [0.3, 0.4) is 0 Å². The number of likely N-dealkylation sites (tertiary alicyclic amines) is 1. The lowest BCUT2D eigenvalue weighted by Gasteiger charge is -2.21. The Morgan fingerprint density at radius 1 is 1.44 bits per heavy atom. The first-order valence-electron chi connectivity index (χ1n) is 5.99. The summed E-state index contributed by atoms with van der Waals surface area (Å²) in [4.78, 5) is 24.6. The summed E-state index contributed by atoms with van der Waals surface area (Å²) in [5.74, 6) is -0.999. The van der Waals surface area contributed by atoms with Gasteiger partial charge < -0.3 is 15.3 Å². The van der Waals surface area contributed by atoms with Gasteiger partial charge in [0.25, 0.3) is 0 Å². The largest absolute Gasteiger partial charge is 0.478 e. The van der Waals surface area contributed by atoms with E-state index in [2.05, 4.69) is 5.32 Å². The van der Waals surface area contributed by atoms with Gasteiger partial charge in [0.2, 0.25) is 0 Å². The minimum atomic E-state index is -0.999. The highest BCUT2D eigenvalue weighted by atomic mass is 16.4. The van der Waals surface area contributed by atoms with E-state index in [9.17, 15) is 9.59 Å². The number of carbonyl (C=O) groups excluding carboxylic acids is 1. The Kier molecular flexibility index (Phi) is 3.50. The number of anilines is 1. The van der Waals surface area contributed by atoms with Crippen LogP contribution in [0.1, 0.15) is 30.1 Å². The molecule has 1 aromatic carbocycles. The Morgan fingerprint density at radius 3 is 2.83 bits per heavy atom. The maximum atomic E-state index is 12.0. The van der Waals surface area contributed by atoms with Gasteiger partial charge in [-0.2, -0.15) is 0 Å². The quantitative estimate of drug-likeness (QED) is 0.844. The standard InChI is InChI=1S/C13H16N2O3/c1-9-4-3-7-15(9)13(18)14-11-6-2-5-10(8-11)12(16)17/h2,5-6,8-9H,3-4,7H2,1H3,(H,14,18)(H,16,17). The number of hydrogen-bond donors (Lipinski definition) is 2. The molecule has 0 spiro atoms. The Labute approximate surface area is 105 Å². The van der Waals surface area contributed by atoms with Crippen molar-refractivity contribution in [1.82, 2.24) is 4.90 Å². The van der Waals surface area contributed by atoms with E-state index in [0.29, 0.717) is 5.69 Å². The van der Waals surface area contributed by atoms with Crippen molar-refractivity contribution in [2.75, 3.05) is 11.9 Å². The van der Waals surface area contributed by atoms with Crippen molar-refractivity contribution in [3.63, 3.8) is 0 Å². The number of aromatic carboxylic acids is 1. The van der Waals surface area contributed by atoms with E-state index < -0.39 is 5.97 Å². The Balaban J connectivity index is 2.07. The Hall–Kier alpha value is -2.04. The minimum Gasteiger partial charge on any atom is -0.478 e. The van der Waals surface area contributed by atoms with Gasteiger partial charge in [0.15, 0.2) is 0 Å². The molecule has 1 unspecified atom stereocenters. The number of rotatable bonds is 2. The molecule has 1 saturated heterocycles. The lowest BCUT2D eigenvalue weighted by Crippen LogP contribution is -2.37. The third-order valence-electron chi connectivity index (χ3n) is 3.17. The number of nitrogens with one attached hydrogen (secondary N) is 1. The fourth-order valence-electron chi connectivity index (χ4n) is 2.16. The summed E-state index contributed by atoms with van der Waals surface area (Å²) < 4.78 is 0. The second-order valence-electron chi connectivity index (χ2n) is 4.50. The molecule has 1 heterocycles. The molecule has 2 rings (SSSR count). The van der Waals surface area contributed by atoms with Gasteiger partial charge in [0.1, 0.15) is 0 Å². The van der Waals surface area contributed by atoms with E-state index in [4.69, 9.17) is 5.11 Å². The van der Waals surface area contributed by atoms with E-state index >= 15 is 0 Å². The number of nitrogens with zero attached hydrogens (tertiary/aromatic N) is 1. The second kappa shape index (κ2) is 5.08. The molecule has 1 aliphatic heterocycles. The zero-order valence-electron chi connectivity index (χ0n) is 10.2. The van der Waals surface area contributed by atoms with E-state index in [1.165, 1.54) is 12.1 Å². The highest BCUT2D eigenvalue weighted by Crippen LogP contribution is 2.18. The van der Waals surface area contributed by atoms with Crippen molar-refractivity contribution >= 4 is 17.7 Å². The summed E-state index contributed by atoms with van der Waals surface area (Å²) >= 11 is 0. The predicted octanol–water partition coefficient (Wildman–Crippen LogP) is 2.40. The molecule has 0 saturated carbocycles. The topological polar surface area (TPSA) is 69.6 Å². The second-order valence-corrected chi connectivity index (χ2v) is 4.50. The molecule has 0 aliphatic carbocycles. The number of urea groups is 1. The van der Waals surface area contributed by atoms with E-state index in [-0.39, 0.29) is 17.6 Å². The Bertz CT molecular complexity index is 473. The number of benzene rings is 1. The molecule has 1 atom stereocenters. The van der Waals surface area contributed by atoms with Crippen LogP contribution in [0.5, 0.6) is 0 Å². The lowest BCUT2D eigenvalue weighted by atomic mass is 10.2. The molecule has 96 valence electrons. The maximum Gasteiger partial charge on any atom is 0.335 e. The number of hydrogen-bond acceptors (Lipinski definition) is 2. The van der Waals surface area contributed by atoms with Crippen LogP contribution in [0.15, 0.2) is 24.3 Å². The summed E-state index contributed by atoms with van der Waals surface area (Å²) in [6.07, 6.45) is 2.03. The zero-order valence-corrected chi connectivity index (χ0v) is 10.2. The number of carboxylic acid groups (broad SMARTS) is 1. The van der Waals surface area contributed by atoms with Gasteiger partial charge in [-0.3, -0.25) is 0 Å². The highest BCUT2D eigenvalue weighted by Gasteiger charge is 2.24. The van der Waals surface area contributed by atoms with Gasteiger partial charge in [0.05, 0.1) is 5.56 Å². The van der Waals surface area contributed by atoms with E-state index in [1.54, 1.807) is 17.0 Å². The molecular formula is C13H16N2O3. The van der Waals surface area contributed by atoms with Crippen LogP contribution in [-0.4, -0.2) is 34.6 Å². The molecule has 5 nitrogen and oxygen atoms in total. The molecule has 0 bridgehead atoms. The van der Waals surface area contributed by atoms with Gasteiger partial charge in [-0.05, 0) is 38.0 Å². The van der Waals surface area contributed by atoms with Gasteiger partial charge in [0, 0.05) is 18.3 Å². The fraction of sp³-hybridized carbons (Fsp3) is 0.385. The summed E-state index contributed by atoms with van der Waals surface area (Å²) in [5.41, 5.74) is 0.682. The van der Waals surface area contributed by atoms with Crippen molar-refractivity contribution in [3.8, 4) is 0 Å². The molecule has 1 aromatic rings. The molecule has 18 heavy (non-hydrogen) atoms. The summed E-state index contributed by atoms with van der Waals surface area (Å²) in [7, 11) is 0. The van der Waals surface area contributed by atoms with Crippen LogP contribution < -0.4 is 5.32 Å². The number of amides is 2. The van der Waals surface area contributed by atoms with Gasteiger partial charge in [-0.25, -0.2) is 9.59 Å². The van der Waals surface area contributed by atoms with Crippen LogP contribution in [0.25, 0.3) is 0 Å². The van der Waals surface area contributed by atoms with E-state index in [0.717, 1.165) is 19.4 Å². The summed E-state index contributed by atoms with van der Waals surface area (Å²) in [6.45, 7) is 2.77. The molecule has 0 aromatic heterocycles.